The van der Waals surface area contributed by atoms with Crippen molar-refractivity contribution in [3.05, 3.63) is 11.6 Å². The molecule has 2 aliphatic heterocycles. The van der Waals surface area contributed by atoms with Crippen molar-refractivity contribution in [3.63, 3.8) is 0 Å². The molecule has 6 nitrogen and oxygen atoms in total. The summed E-state index contributed by atoms with van der Waals surface area (Å²) >= 11 is 1.75. The van der Waals surface area contributed by atoms with E-state index in [1.54, 1.807) is 11.8 Å². The second-order valence-electron chi connectivity index (χ2n) is 6.01. The molecule has 3 heterocycles. The van der Waals surface area contributed by atoms with Crippen LogP contribution in [0.15, 0.2) is 0 Å². The maximum Gasteiger partial charge on any atom is 0.232 e. The summed E-state index contributed by atoms with van der Waals surface area (Å²) in [5.74, 6) is 4.63. The quantitative estimate of drug-likeness (QED) is 0.810. The number of thioether (sulfide) groups is 1. The van der Waals surface area contributed by atoms with Crippen molar-refractivity contribution in [3.8, 4) is 0 Å². The first-order valence-electron chi connectivity index (χ1n) is 8.27. The number of carbonyl (C=O) groups is 1. The summed E-state index contributed by atoms with van der Waals surface area (Å²) in [5, 5.41) is 12.0. The van der Waals surface area contributed by atoms with Gasteiger partial charge in [0, 0.05) is 32.1 Å². The van der Waals surface area contributed by atoms with Crippen molar-refractivity contribution in [2.24, 2.45) is 0 Å². The van der Waals surface area contributed by atoms with Crippen LogP contribution in [0.2, 0.25) is 0 Å². The number of nitrogens with zero attached hydrogens (tertiary/aromatic N) is 4. The van der Waals surface area contributed by atoms with Gasteiger partial charge in [-0.15, -0.1) is 22.6 Å². The molecule has 0 saturated carbocycles. The fraction of sp³-hybridized carbons (Fsp3) is 0.800. The molecular formula is C15H26ClN5OS. The lowest BCUT2D eigenvalue weighted by atomic mass is 9.95. The molecule has 1 N–H and O–H groups in total. The minimum Gasteiger partial charge on any atom is -0.342 e. The van der Waals surface area contributed by atoms with E-state index in [2.05, 4.69) is 27.0 Å². The summed E-state index contributed by atoms with van der Waals surface area (Å²) in [4.78, 5) is 14.2. The van der Waals surface area contributed by atoms with E-state index in [0.717, 1.165) is 69.4 Å². The van der Waals surface area contributed by atoms with E-state index < -0.39 is 0 Å². The average Bonchev–Trinajstić information content (AvgIpc) is 2.99. The first kappa shape index (κ1) is 18.5. The largest absolute Gasteiger partial charge is 0.342 e. The van der Waals surface area contributed by atoms with E-state index in [1.807, 2.05) is 4.90 Å². The molecule has 0 aromatic carbocycles. The zero-order chi connectivity index (χ0) is 15.4. The third kappa shape index (κ3) is 4.39. The molecule has 0 unspecified atom stereocenters. The van der Waals surface area contributed by atoms with Crippen LogP contribution in [0.1, 0.15) is 43.8 Å². The van der Waals surface area contributed by atoms with Crippen molar-refractivity contribution >= 4 is 30.1 Å². The summed E-state index contributed by atoms with van der Waals surface area (Å²) in [5.41, 5.74) is 0. The summed E-state index contributed by atoms with van der Waals surface area (Å²) < 4.78 is 2.27. The molecule has 2 aliphatic rings. The Hall–Kier alpha value is -0.790. The third-order valence-electron chi connectivity index (χ3n) is 4.44. The Balaban J connectivity index is 0.00000192. The van der Waals surface area contributed by atoms with Gasteiger partial charge < -0.3 is 14.8 Å². The summed E-state index contributed by atoms with van der Waals surface area (Å²) in [6.07, 6.45) is 3.15. The molecule has 0 atom stereocenters. The summed E-state index contributed by atoms with van der Waals surface area (Å²) in [7, 11) is 0. The van der Waals surface area contributed by atoms with Gasteiger partial charge in [0.05, 0.1) is 12.3 Å². The van der Waals surface area contributed by atoms with Crippen molar-refractivity contribution < 1.29 is 4.79 Å². The van der Waals surface area contributed by atoms with Crippen molar-refractivity contribution in [1.82, 2.24) is 25.0 Å². The normalized spacial score (nSPS) is 18.4. The van der Waals surface area contributed by atoms with Gasteiger partial charge in [-0.1, -0.05) is 6.92 Å². The van der Waals surface area contributed by atoms with Crippen LogP contribution in [-0.4, -0.2) is 56.7 Å². The summed E-state index contributed by atoms with van der Waals surface area (Å²) in [6.45, 7) is 6.64. The van der Waals surface area contributed by atoms with Gasteiger partial charge in [0.2, 0.25) is 5.91 Å². The molecule has 130 valence electrons. The highest BCUT2D eigenvalue weighted by molar-refractivity contribution is 7.99. The van der Waals surface area contributed by atoms with E-state index in [9.17, 15) is 4.79 Å². The number of halogens is 1. The van der Waals surface area contributed by atoms with Gasteiger partial charge in [0.25, 0.3) is 0 Å². The van der Waals surface area contributed by atoms with Crippen LogP contribution < -0.4 is 5.32 Å². The molecule has 0 aliphatic carbocycles. The molecule has 23 heavy (non-hydrogen) atoms. The third-order valence-corrected chi connectivity index (χ3v) is 5.59. The molecule has 1 saturated heterocycles. The van der Waals surface area contributed by atoms with E-state index in [-0.39, 0.29) is 12.4 Å². The molecular weight excluding hydrogens is 334 g/mol. The zero-order valence-electron chi connectivity index (χ0n) is 13.7. The topological polar surface area (TPSA) is 63.1 Å². The van der Waals surface area contributed by atoms with Crippen molar-refractivity contribution in [2.45, 2.75) is 45.2 Å². The molecule has 1 amide bonds. The number of rotatable bonds is 5. The number of amides is 1. The molecule has 3 rings (SSSR count). The Morgan fingerprint density at radius 2 is 2.09 bits per heavy atom. The van der Waals surface area contributed by atoms with Gasteiger partial charge in [0.1, 0.15) is 11.6 Å². The Morgan fingerprint density at radius 3 is 2.83 bits per heavy atom. The fourth-order valence-electron chi connectivity index (χ4n) is 3.20. The summed E-state index contributed by atoms with van der Waals surface area (Å²) in [6, 6.07) is 0. The van der Waals surface area contributed by atoms with Gasteiger partial charge in [-0.25, -0.2) is 0 Å². The number of hydrogen-bond acceptors (Lipinski definition) is 5. The second kappa shape index (κ2) is 8.89. The maximum atomic E-state index is 12.2. The van der Waals surface area contributed by atoms with E-state index in [0.29, 0.717) is 17.6 Å². The van der Waals surface area contributed by atoms with Crippen LogP contribution in [0.4, 0.5) is 0 Å². The Morgan fingerprint density at radius 1 is 1.30 bits per heavy atom. The zero-order valence-corrected chi connectivity index (χ0v) is 15.3. The smallest absolute Gasteiger partial charge is 0.232 e. The minimum absolute atomic E-state index is 0. The number of piperidine rings is 1. The predicted molar refractivity (Wildman–Crippen MR) is 95.1 cm³/mol. The SMILES string of the molecule is CCCSCC(=O)N1CCC(c2nnc3n2CCNC3)CC1.Cl. The number of fused-ring (bicyclic) bond motifs is 1. The Bertz CT molecular complexity index is 516. The molecule has 0 bridgehead atoms. The number of likely N-dealkylation sites (tertiary alicyclic amines) is 1. The number of aromatic nitrogens is 3. The van der Waals surface area contributed by atoms with Crippen LogP contribution in [-0.2, 0) is 17.9 Å². The lowest BCUT2D eigenvalue weighted by Gasteiger charge is -2.32. The first-order valence-corrected chi connectivity index (χ1v) is 9.43. The second-order valence-corrected chi connectivity index (χ2v) is 7.12. The molecule has 1 fully saturated rings. The van der Waals surface area contributed by atoms with Crippen LogP contribution in [0, 0.1) is 0 Å². The van der Waals surface area contributed by atoms with Crippen molar-refractivity contribution in [1.29, 1.82) is 0 Å². The van der Waals surface area contributed by atoms with E-state index in [1.165, 1.54) is 0 Å². The van der Waals surface area contributed by atoms with Crippen LogP contribution in [0.25, 0.3) is 0 Å². The van der Waals surface area contributed by atoms with Gasteiger partial charge >= 0.3 is 0 Å². The highest BCUT2D eigenvalue weighted by atomic mass is 35.5. The molecule has 1 aromatic rings. The first-order chi connectivity index (χ1) is 10.8. The number of nitrogens with one attached hydrogen (secondary N) is 1. The number of hydrogen-bond donors (Lipinski definition) is 1. The minimum atomic E-state index is 0. The van der Waals surface area contributed by atoms with E-state index >= 15 is 0 Å². The molecule has 0 radical (unpaired) electrons. The fourth-order valence-corrected chi connectivity index (χ4v) is 3.99. The Labute approximate surface area is 148 Å². The van der Waals surface area contributed by atoms with Gasteiger partial charge in [-0.05, 0) is 25.0 Å². The predicted octanol–water partition coefficient (Wildman–Crippen LogP) is 1.65. The van der Waals surface area contributed by atoms with Gasteiger partial charge in [0.15, 0.2) is 0 Å². The van der Waals surface area contributed by atoms with E-state index in [4.69, 9.17) is 0 Å². The molecule has 1 aromatic heterocycles. The molecule has 8 heteroatoms. The standard InChI is InChI=1S/C15H25N5OS.ClH/c1-2-9-22-11-14(21)19-6-3-12(4-7-19)15-18-17-13-10-16-5-8-20(13)15;/h12,16H,2-11H2,1H3;1H. The molecule has 0 spiro atoms. The highest BCUT2D eigenvalue weighted by Gasteiger charge is 2.28. The van der Waals surface area contributed by atoms with Crippen LogP contribution >= 0.6 is 24.2 Å². The van der Waals surface area contributed by atoms with Crippen LogP contribution in [0.3, 0.4) is 0 Å². The Kier molecular flexibility index (Phi) is 7.17. The monoisotopic (exact) mass is 359 g/mol. The van der Waals surface area contributed by atoms with Crippen LogP contribution in [0.5, 0.6) is 0 Å². The highest BCUT2D eigenvalue weighted by Crippen LogP contribution is 2.28. The average molecular weight is 360 g/mol. The van der Waals surface area contributed by atoms with Gasteiger partial charge in [-0.3, -0.25) is 4.79 Å². The lowest BCUT2D eigenvalue weighted by molar-refractivity contribution is -0.129. The van der Waals surface area contributed by atoms with Gasteiger partial charge in [-0.2, -0.15) is 11.8 Å². The number of carbonyl (C=O) groups excluding carboxylic acids is 1. The lowest BCUT2D eigenvalue weighted by Crippen LogP contribution is -2.39. The van der Waals surface area contributed by atoms with Crippen molar-refractivity contribution in [2.75, 3.05) is 31.1 Å². The maximum absolute atomic E-state index is 12.2.